The topological polar surface area (TPSA) is 63.3 Å². The molecule has 0 spiro atoms. The number of carbonyl (C=O) groups is 1. The van der Waals surface area contributed by atoms with Gasteiger partial charge < -0.3 is 9.52 Å². The predicted octanol–water partition coefficient (Wildman–Crippen LogP) is 2.67. The highest BCUT2D eigenvalue weighted by atomic mass is 32.2. The summed E-state index contributed by atoms with van der Waals surface area (Å²) in [5, 5.41) is 8.95. The van der Waals surface area contributed by atoms with Crippen LogP contribution in [0, 0.1) is 0 Å². The lowest BCUT2D eigenvalue weighted by Crippen LogP contribution is -1.99. The summed E-state index contributed by atoms with van der Waals surface area (Å²) in [6.45, 7) is 0. The average molecular weight is 235 g/mol. The van der Waals surface area contributed by atoms with Gasteiger partial charge in [-0.3, -0.25) is 4.98 Å². The van der Waals surface area contributed by atoms with Crippen LogP contribution in [-0.2, 0) is 5.75 Å². The van der Waals surface area contributed by atoms with Gasteiger partial charge in [0, 0.05) is 17.3 Å². The molecule has 2 rings (SSSR count). The number of thioether (sulfide) groups is 1. The van der Waals surface area contributed by atoms with Gasteiger partial charge in [-0.2, -0.15) is 0 Å². The number of hydrogen-bond acceptors (Lipinski definition) is 4. The van der Waals surface area contributed by atoms with E-state index < -0.39 is 5.97 Å². The molecular weight excluding hydrogens is 226 g/mol. The van der Waals surface area contributed by atoms with E-state index in [1.807, 2.05) is 6.07 Å². The molecule has 0 aliphatic heterocycles. The largest absolute Gasteiger partial charge is 0.478 e. The molecule has 0 bridgehead atoms. The summed E-state index contributed by atoms with van der Waals surface area (Å²) in [4.78, 5) is 15.4. The maximum atomic E-state index is 10.9. The minimum atomic E-state index is -0.963. The van der Waals surface area contributed by atoms with Crippen LogP contribution in [0.25, 0.3) is 0 Å². The van der Waals surface area contributed by atoms with Crippen molar-refractivity contribution in [1.29, 1.82) is 0 Å². The Balaban J connectivity index is 2.12. The number of carboxylic acids is 1. The fourth-order valence-corrected chi connectivity index (χ4v) is 2.13. The summed E-state index contributed by atoms with van der Waals surface area (Å²) in [5.74, 6) is 0.463. The van der Waals surface area contributed by atoms with Crippen molar-refractivity contribution in [3.05, 3.63) is 48.2 Å². The fraction of sp³-hybridized carbons (Fsp3) is 0.0909. The third-order valence-electron chi connectivity index (χ3n) is 1.96. The molecule has 0 aliphatic carbocycles. The Morgan fingerprint density at radius 1 is 1.50 bits per heavy atom. The summed E-state index contributed by atoms with van der Waals surface area (Å²) >= 11 is 1.42. The first kappa shape index (κ1) is 10.8. The lowest BCUT2D eigenvalue weighted by molar-refractivity contribution is 0.0692. The van der Waals surface area contributed by atoms with Gasteiger partial charge in [0.2, 0.25) is 0 Å². The van der Waals surface area contributed by atoms with Crippen LogP contribution in [0.3, 0.4) is 0 Å². The van der Waals surface area contributed by atoms with Gasteiger partial charge in [-0.25, -0.2) is 4.79 Å². The highest BCUT2D eigenvalue weighted by Crippen LogP contribution is 2.25. The molecule has 0 unspecified atom stereocenters. The van der Waals surface area contributed by atoms with Crippen molar-refractivity contribution in [1.82, 2.24) is 4.98 Å². The normalized spacial score (nSPS) is 10.2. The summed E-state index contributed by atoms with van der Waals surface area (Å²) in [6, 6.07) is 5.35. The molecule has 0 aromatic carbocycles. The predicted molar refractivity (Wildman–Crippen MR) is 59.5 cm³/mol. The molecule has 0 amide bonds. The number of carboxylic acid groups (broad SMARTS) is 1. The van der Waals surface area contributed by atoms with Crippen molar-refractivity contribution in [3.8, 4) is 0 Å². The minimum absolute atomic E-state index is 0.221. The van der Waals surface area contributed by atoms with Crippen LogP contribution in [0.4, 0.5) is 0 Å². The van der Waals surface area contributed by atoms with E-state index in [-0.39, 0.29) is 5.56 Å². The number of rotatable bonds is 4. The highest BCUT2D eigenvalue weighted by Gasteiger charge is 2.10. The minimum Gasteiger partial charge on any atom is -0.478 e. The Morgan fingerprint density at radius 2 is 2.38 bits per heavy atom. The SMILES string of the molecule is O=C(O)c1cnccc1SCc1ccco1. The second-order valence-corrected chi connectivity index (χ2v) is 4.06. The van der Waals surface area contributed by atoms with E-state index in [0.717, 1.165) is 5.76 Å². The van der Waals surface area contributed by atoms with Gasteiger partial charge in [0.15, 0.2) is 0 Å². The molecular formula is C11H9NO3S. The first-order valence-corrected chi connectivity index (χ1v) is 5.58. The van der Waals surface area contributed by atoms with Crippen LogP contribution in [-0.4, -0.2) is 16.1 Å². The van der Waals surface area contributed by atoms with Crippen LogP contribution >= 0.6 is 11.8 Å². The third kappa shape index (κ3) is 2.43. The number of furan rings is 1. The van der Waals surface area contributed by atoms with Crippen molar-refractivity contribution in [2.24, 2.45) is 0 Å². The zero-order valence-electron chi connectivity index (χ0n) is 8.29. The molecule has 16 heavy (non-hydrogen) atoms. The molecule has 2 aromatic rings. The first-order valence-electron chi connectivity index (χ1n) is 4.60. The van der Waals surface area contributed by atoms with Gasteiger partial charge in [-0.1, -0.05) is 0 Å². The molecule has 0 aliphatic rings. The average Bonchev–Trinajstić information content (AvgIpc) is 2.79. The van der Waals surface area contributed by atoms with E-state index in [9.17, 15) is 4.79 Å². The smallest absolute Gasteiger partial charge is 0.338 e. The Kier molecular flexibility index (Phi) is 3.26. The molecule has 0 fully saturated rings. The second-order valence-electron chi connectivity index (χ2n) is 3.05. The summed E-state index contributed by atoms with van der Waals surface area (Å²) < 4.78 is 5.17. The Labute approximate surface area is 96.3 Å². The van der Waals surface area contributed by atoms with Crippen LogP contribution in [0.1, 0.15) is 16.1 Å². The van der Waals surface area contributed by atoms with Crippen LogP contribution < -0.4 is 0 Å². The molecule has 0 saturated heterocycles. The second kappa shape index (κ2) is 4.85. The number of aromatic nitrogens is 1. The maximum absolute atomic E-state index is 10.9. The molecule has 1 N–H and O–H groups in total. The van der Waals surface area contributed by atoms with Gasteiger partial charge in [0.05, 0.1) is 17.6 Å². The van der Waals surface area contributed by atoms with Crippen LogP contribution in [0.2, 0.25) is 0 Å². The Bertz CT molecular complexity index is 482. The van der Waals surface area contributed by atoms with Gasteiger partial charge in [0.1, 0.15) is 5.76 Å². The van der Waals surface area contributed by atoms with Crippen LogP contribution in [0.5, 0.6) is 0 Å². The molecule has 4 nitrogen and oxygen atoms in total. The monoisotopic (exact) mass is 235 g/mol. The van der Waals surface area contributed by atoms with Crippen molar-refractivity contribution < 1.29 is 14.3 Å². The molecule has 2 aromatic heterocycles. The standard InChI is InChI=1S/C11H9NO3S/c13-11(14)9-6-12-4-3-10(9)16-7-8-2-1-5-15-8/h1-6H,7H2,(H,13,14). The number of hydrogen-bond donors (Lipinski definition) is 1. The van der Waals surface area contributed by atoms with Crippen molar-refractivity contribution >= 4 is 17.7 Å². The van der Waals surface area contributed by atoms with E-state index in [4.69, 9.17) is 9.52 Å². The molecule has 82 valence electrons. The summed E-state index contributed by atoms with van der Waals surface area (Å²) in [6.07, 6.45) is 4.53. The van der Waals surface area contributed by atoms with E-state index >= 15 is 0 Å². The lowest BCUT2D eigenvalue weighted by Gasteiger charge is -2.03. The van der Waals surface area contributed by atoms with Crippen molar-refractivity contribution in [2.75, 3.05) is 0 Å². The fourth-order valence-electron chi connectivity index (χ4n) is 1.21. The van der Waals surface area contributed by atoms with E-state index in [2.05, 4.69) is 4.98 Å². The lowest BCUT2D eigenvalue weighted by atomic mass is 10.3. The van der Waals surface area contributed by atoms with Crippen molar-refractivity contribution in [2.45, 2.75) is 10.6 Å². The van der Waals surface area contributed by atoms with E-state index in [0.29, 0.717) is 10.6 Å². The van der Waals surface area contributed by atoms with Crippen LogP contribution in [0.15, 0.2) is 46.2 Å². The van der Waals surface area contributed by atoms with Gasteiger partial charge in [-0.05, 0) is 18.2 Å². The molecule has 0 saturated carbocycles. The van der Waals surface area contributed by atoms with E-state index in [1.165, 1.54) is 18.0 Å². The highest BCUT2D eigenvalue weighted by molar-refractivity contribution is 7.98. The maximum Gasteiger partial charge on any atom is 0.338 e. The van der Waals surface area contributed by atoms with Gasteiger partial charge in [0.25, 0.3) is 0 Å². The zero-order valence-corrected chi connectivity index (χ0v) is 9.11. The Morgan fingerprint density at radius 3 is 3.06 bits per heavy atom. The summed E-state index contributed by atoms with van der Waals surface area (Å²) in [7, 11) is 0. The third-order valence-corrected chi connectivity index (χ3v) is 3.06. The first-order chi connectivity index (χ1) is 7.77. The Hall–Kier alpha value is -1.75. The number of aromatic carboxylic acids is 1. The zero-order chi connectivity index (χ0) is 11.4. The quantitative estimate of drug-likeness (QED) is 0.825. The number of pyridine rings is 1. The van der Waals surface area contributed by atoms with Gasteiger partial charge >= 0.3 is 5.97 Å². The molecule has 0 atom stereocenters. The number of nitrogens with zero attached hydrogens (tertiary/aromatic N) is 1. The summed E-state index contributed by atoms with van der Waals surface area (Å²) in [5.41, 5.74) is 0.221. The van der Waals surface area contributed by atoms with Crippen molar-refractivity contribution in [3.63, 3.8) is 0 Å². The molecule has 2 heterocycles. The van der Waals surface area contributed by atoms with E-state index in [1.54, 1.807) is 24.6 Å². The molecule has 5 heteroatoms. The molecule has 0 radical (unpaired) electrons. The van der Waals surface area contributed by atoms with Gasteiger partial charge in [-0.15, -0.1) is 11.8 Å².